The third kappa shape index (κ3) is 3.07. The highest BCUT2D eigenvalue weighted by Gasteiger charge is 2.12. The van der Waals surface area contributed by atoms with Gasteiger partial charge in [-0.15, -0.1) is 0 Å². The van der Waals surface area contributed by atoms with Gasteiger partial charge in [-0.3, -0.25) is 4.79 Å². The zero-order chi connectivity index (χ0) is 16.4. The normalized spacial score (nSPS) is 10.9. The first-order valence-corrected chi connectivity index (χ1v) is 7.02. The van der Waals surface area contributed by atoms with E-state index in [0.717, 1.165) is 0 Å². The van der Waals surface area contributed by atoms with Gasteiger partial charge in [0.15, 0.2) is 0 Å². The number of nitrogens with one attached hydrogen (secondary N) is 2. The lowest BCUT2D eigenvalue weighted by Crippen LogP contribution is -2.23. The Balaban J connectivity index is 1.74. The number of amides is 1. The first kappa shape index (κ1) is 15.2. The molecule has 23 heavy (non-hydrogen) atoms. The Morgan fingerprint density at radius 2 is 1.96 bits per heavy atom. The van der Waals surface area contributed by atoms with Crippen molar-refractivity contribution < 1.29 is 18.7 Å². The first-order chi connectivity index (χ1) is 11.1. The number of fused-ring (bicyclic) bond motifs is 1. The molecule has 1 aromatic heterocycles. The quantitative estimate of drug-likeness (QED) is 0.693. The molecule has 0 aliphatic heterocycles. The monoisotopic (exact) mass is 316 g/mol. The summed E-state index contributed by atoms with van der Waals surface area (Å²) in [5, 5.41) is 12.1. The van der Waals surface area contributed by atoms with Crippen LogP contribution in [0.2, 0.25) is 0 Å². The van der Waals surface area contributed by atoms with Gasteiger partial charge < -0.3 is 15.4 Å². The topological polar surface area (TPSA) is 65.1 Å². The van der Waals surface area contributed by atoms with Gasteiger partial charge in [-0.25, -0.2) is 8.78 Å². The molecule has 0 aliphatic rings. The lowest BCUT2D eigenvalue weighted by atomic mass is 10.1. The fraction of sp³-hybridized carbons (Fsp3) is 0.118. The van der Waals surface area contributed by atoms with Crippen LogP contribution in [0.15, 0.2) is 42.5 Å². The van der Waals surface area contributed by atoms with Gasteiger partial charge in [-0.05, 0) is 35.9 Å². The predicted octanol–water partition coefficient (Wildman–Crippen LogP) is 2.87. The van der Waals surface area contributed by atoms with E-state index in [1.165, 1.54) is 30.3 Å². The van der Waals surface area contributed by atoms with Gasteiger partial charge in [0.1, 0.15) is 17.3 Å². The van der Waals surface area contributed by atoms with E-state index >= 15 is 0 Å². The van der Waals surface area contributed by atoms with E-state index in [0.29, 0.717) is 16.5 Å². The summed E-state index contributed by atoms with van der Waals surface area (Å²) in [5.41, 5.74) is 1.62. The number of halogens is 2. The molecule has 4 nitrogen and oxygen atoms in total. The van der Waals surface area contributed by atoms with Crippen LogP contribution in [0.4, 0.5) is 8.78 Å². The van der Waals surface area contributed by atoms with Gasteiger partial charge >= 0.3 is 0 Å². The predicted molar refractivity (Wildman–Crippen MR) is 81.7 cm³/mol. The lowest BCUT2D eigenvalue weighted by Gasteiger charge is -2.06. The summed E-state index contributed by atoms with van der Waals surface area (Å²) in [5.74, 6) is -1.28. The molecule has 118 valence electrons. The zero-order valence-corrected chi connectivity index (χ0v) is 12.1. The highest BCUT2D eigenvalue weighted by molar-refractivity contribution is 5.98. The smallest absolute Gasteiger partial charge is 0.267 e. The zero-order valence-electron chi connectivity index (χ0n) is 12.1. The number of carbonyl (C=O) groups is 1. The molecule has 3 aromatic rings. The molecule has 2 aromatic carbocycles. The Morgan fingerprint density at radius 3 is 2.70 bits per heavy atom. The maximum absolute atomic E-state index is 13.6. The largest absolute Gasteiger partial charge is 0.392 e. The van der Waals surface area contributed by atoms with Gasteiger partial charge in [-0.1, -0.05) is 12.1 Å². The molecule has 0 unspecified atom stereocenters. The van der Waals surface area contributed by atoms with Gasteiger partial charge in [0.2, 0.25) is 0 Å². The van der Waals surface area contributed by atoms with E-state index in [-0.39, 0.29) is 17.8 Å². The average molecular weight is 316 g/mol. The number of rotatable bonds is 4. The molecule has 0 fully saturated rings. The second-order valence-corrected chi connectivity index (χ2v) is 5.15. The maximum atomic E-state index is 13.6. The molecule has 3 rings (SSSR count). The van der Waals surface area contributed by atoms with Crippen molar-refractivity contribution in [3.8, 4) is 0 Å². The van der Waals surface area contributed by atoms with Crippen LogP contribution in [0.3, 0.4) is 0 Å². The summed E-state index contributed by atoms with van der Waals surface area (Å²) < 4.78 is 26.9. The van der Waals surface area contributed by atoms with Crippen molar-refractivity contribution in [1.29, 1.82) is 0 Å². The van der Waals surface area contributed by atoms with Crippen LogP contribution in [0.1, 0.15) is 21.6 Å². The number of hydrogen-bond acceptors (Lipinski definition) is 2. The van der Waals surface area contributed by atoms with E-state index in [2.05, 4.69) is 10.3 Å². The number of carbonyl (C=O) groups excluding carboxylic acids is 1. The number of benzene rings is 2. The standard InChI is InChI=1S/C17H14F2N2O2/c18-13-5-4-10(6-11(13)9-22)8-20-17(23)16-7-12-14(19)2-1-3-15(12)21-16/h1-7,21-22H,8-9H2,(H,20,23). The SMILES string of the molecule is O=C(NCc1ccc(F)c(CO)c1)c1cc2c(F)cccc2[nH]1. The van der Waals surface area contributed by atoms with Gasteiger partial charge in [-0.2, -0.15) is 0 Å². The maximum Gasteiger partial charge on any atom is 0.267 e. The van der Waals surface area contributed by atoms with Crippen molar-refractivity contribution in [2.45, 2.75) is 13.2 Å². The molecule has 0 radical (unpaired) electrons. The number of H-pyrrole nitrogens is 1. The van der Waals surface area contributed by atoms with Crippen molar-refractivity contribution in [2.75, 3.05) is 0 Å². The van der Waals surface area contributed by atoms with E-state index in [9.17, 15) is 13.6 Å². The molecule has 0 spiro atoms. The average Bonchev–Trinajstić information content (AvgIpc) is 2.99. The van der Waals surface area contributed by atoms with Gasteiger partial charge in [0.25, 0.3) is 5.91 Å². The highest BCUT2D eigenvalue weighted by Crippen LogP contribution is 2.18. The van der Waals surface area contributed by atoms with Crippen LogP contribution in [-0.4, -0.2) is 16.0 Å². The molecule has 0 bridgehead atoms. The fourth-order valence-corrected chi connectivity index (χ4v) is 2.38. The van der Waals surface area contributed by atoms with E-state index < -0.39 is 24.1 Å². The minimum Gasteiger partial charge on any atom is -0.392 e. The molecule has 1 heterocycles. The third-order valence-corrected chi connectivity index (χ3v) is 3.59. The second-order valence-electron chi connectivity index (χ2n) is 5.15. The minimum absolute atomic E-state index is 0.171. The van der Waals surface area contributed by atoms with Crippen LogP contribution in [0.25, 0.3) is 10.9 Å². The van der Waals surface area contributed by atoms with E-state index in [1.807, 2.05) is 0 Å². The Bertz CT molecular complexity index is 874. The second kappa shape index (κ2) is 6.18. The Labute approximate surface area is 130 Å². The lowest BCUT2D eigenvalue weighted by molar-refractivity contribution is 0.0946. The van der Waals surface area contributed by atoms with Crippen LogP contribution in [0.5, 0.6) is 0 Å². The number of aromatic nitrogens is 1. The Kier molecular flexibility index (Phi) is 4.08. The summed E-state index contributed by atoms with van der Waals surface area (Å²) in [6.07, 6.45) is 0. The third-order valence-electron chi connectivity index (χ3n) is 3.59. The van der Waals surface area contributed by atoms with Gasteiger partial charge in [0, 0.05) is 23.0 Å². The van der Waals surface area contributed by atoms with Crippen LogP contribution < -0.4 is 5.32 Å². The number of aliphatic hydroxyl groups excluding tert-OH is 1. The van der Waals surface area contributed by atoms with Crippen molar-refractivity contribution in [1.82, 2.24) is 10.3 Å². The Hall–Kier alpha value is -2.73. The van der Waals surface area contributed by atoms with Crippen LogP contribution in [-0.2, 0) is 13.2 Å². The summed E-state index contributed by atoms with van der Waals surface area (Å²) in [6, 6.07) is 10.3. The van der Waals surface area contributed by atoms with Crippen LogP contribution >= 0.6 is 0 Å². The fourth-order valence-electron chi connectivity index (χ4n) is 2.38. The number of aromatic amines is 1. The van der Waals surface area contributed by atoms with Crippen molar-refractivity contribution in [2.24, 2.45) is 0 Å². The van der Waals surface area contributed by atoms with Crippen molar-refractivity contribution in [3.05, 3.63) is 70.9 Å². The van der Waals surface area contributed by atoms with Gasteiger partial charge in [0.05, 0.1) is 6.61 Å². The van der Waals surface area contributed by atoms with Crippen molar-refractivity contribution in [3.63, 3.8) is 0 Å². The number of hydrogen-bond donors (Lipinski definition) is 3. The Morgan fingerprint density at radius 1 is 1.13 bits per heavy atom. The molecule has 0 saturated heterocycles. The first-order valence-electron chi connectivity index (χ1n) is 7.02. The molecular weight excluding hydrogens is 302 g/mol. The van der Waals surface area contributed by atoms with E-state index in [1.54, 1.807) is 12.1 Å². The molecule has 0 atom stereocenters. The summed E-state index contributed by atoms with van der Waals surface area (Å²) >= 11 is 0. The van der Waals surface area contributed by atoms with E-state index in [4.69, 9.17) is 5.11 Å². The molecule has 0 saturated carbocycles. The molecule has 1 amide bonds. The molecule has 0 aliphatic carbocycles. The highest BCUT2D eigenvalue weighted by atomic mass is 19.1. The molecular formula is C17H14F2N2O2. The number of aliphatic hydroxyl groups is 1. The molecule has 6 heteroatoms. The van der Waals surface area contributed by atoms with Crippen molar-refractivity contribution >= 4 is 16.8 Å². The minimum atomic E-state index is -0.492. The summed E-state index contributed by atoms with van der Waals surface area (Å²) in [4.78, 5) is 15.0. The van der Waals surface area contributed by atoms with Crippen LogP contribution in [0, 0.1) is 11.6 Å². The molecule has 3 N–H and O–H groups in total. The summed E-state index contributed by atoms with van der Waals surface area (Å²) in [6.45, 7) is -0.237. The summed E-state index contributed by atoms with van der Waals surface area (Å²) in [7, 11) is 0.